The Morgan fingerprint density at radius 2 is 1.74 bits per heavy atom. The fourth-order valence-electron chi connectivity index (χ4n) is 2.50. The third-order valence-corrected chi connectivity index (χ3v) is 4.03. The molecule has 3 nitrogen and oxygen atoms in total. The normalized spacial score (nSPS) is 12.2. The van der Waals surface area contributed by atoms with E-state index in [1.807, 2.05) is 68.7 Å². The minimum Gasteiger partial charge on any atom is -0.348 e. The van der Waals surface area contributed by atoms with Crippen LogP contribution in [0.5, 0.6) is 0 Å². The minimum absolute atomic E-state index is 0.00931. The van der Waals surface area contributed by atoms with E-state index in [1.165, 1.54) is 0 Å². The van der Waals surface area contributed by atoms with E-state index in [9.17, 15) is 4.79 Å². The van der Waals surface area contributed by atoms with Gasteiger partial charge in [0.15, 0.2) is 0 Å². The highest BCUT2D eigenvalue weighted by Gasteiger charge is 2.15. The van der Waals surface area contributed by atoms with E-state index >= 15 is 0 Å². The highest BCUT2D eigenvalue weighted by molar-refractivity contribution is 6.31. The summed E-state index contributed by atoms with van der Waals surface area (Å²) in [5.74, 6) is 0.0422. The molecule has 2 aromatic rings. The van der Waals surface area contributed by atoms with E-state index in [0.717, 1.165) is 17.7 Å². The molecule has 0 radical (unpaired) electrons. The molecule has 1 atom stereocenters. The topological polar surface area (TPSA) is 32.3 Å². The first-order chi connectivity index (χ1) is 11.1. The monoisotopic (exact) mass is 330 g/mol. The summed E-state index contributed by atoms with van der Waals surface area (Å²) < 4.78 is 0. The van der Waals surface area contributed by atoms with Crippen molar-refractivity contribution >= 4 is 17.5 Å². The van der Waals surface area contributed by atoms with Gasteiger partial charge in [-0.2, -0.15) is 0 Å². The van der Waals surface area contributed by atoms with Gasteiger partial charge >= 0.3 is 0 Å². The Morgan fingerprint density at radius 3 is 2.39 bits per heavy atom. The van der Waals surface area contributed by atoms with Gasteiger partial charge in [-0.05, 0) is 37.7 Å². The second kappa shape index (κ2) is 8.70. The van der Waals surface area contributed by atoms with Crippen molar-refractivity contribution in [3.8, 4) is 0 Å². The van der Waals surface area contributed by atoms with Gasteiger partial charge < -0.3 is 10.2 Å². The summed E-state index contributed by atoms with van der Waals surface area (Å²) in [4.78, 5) is 14.4. The maximum absolute atomic E-state index is 12.3. The molecule has 23 heavy (non-hydrogen) atoms. The molecule has 0 aromatic heterocycles. The highest BCUT2D eigenvalue weighted by atomic mass is 35.5. The second-order valence-electron chi connectivity index (χ2n) is 5.88. The quantitative estimate of drug-likeness (QED) is 0.839. The molecule has 0 aliphatic carbocycles. The van der Waals surface area contributed by atoms with Crippen LogP contribution in [-0.4, -0.2) is 31.4 Å². The average Bonchev–Trinajstić information content (AvgIpc) is 2.54. The number of carbonyl (C=O) groups excluding carboxylic acids is 1. The Hall–Kier alpha value is -1.84. The Labute approximate surface area is 143 Å². The molecule has 1 amide bonds. The molecule has 0 aliphatic heterocycles. The fourth-order valence-corrected chi connectivity index (χ4v) is 2.73. The lowest BCUT2D eigenvalue weighted by Crippen LogP contribution is -2.35. The minimum atomic E-state index is -0.00931. The van der Waals surface area contributed by atoms with Crippen molar-refractivity contribution in [2.24, 2.45) is 0 Å². The summed E-state index contributed by atoms with van der Waals surface area (Å²) in [5, 5.41) is 3.85. The van der Waals surface area contributed by atoms with Gasteiger partial charge in [0.1, 0.15) is 0 Å². The van der Waals surface area contributed by atoms with Gasteiger partial charge in [-0.15, -0.1) is 0 Å². The molecule has 122 valence electrons. The number of hydrogen-bond donors (Lipinski definition) is 1. The summed E-state index contributed by atoms with van der Waals surface area (Å²) in [6.07, 6.45) is 1.08. The Kier molecular flexibility index (Phi) is 6.63. The molecule has 0 saturated heterocycles. The molecule has 2 aromatic carbocycles. The molecule has 0 aliphatic rings. The van der Waals surface area contributed by atoms with Gasteiger partial charge in [0, 0.05) is 18.0 Å². The van der Waals surface area contributed by atoms with E-state index in [4.69, 9.17) is 11.6 Å². The van der Waals surface area contributed by atoms with Crippen molar-refractivity contribution in [1.82, 2.24) is 10.2 Å². The average molecular weight is 331 g/mol. The Morgan fingerprint density at radius 1 is 1.09 bits per heavy atom. The molecular formula is C19H23ClN2O. The van der Waals surface area contributed by atoms with Crippen LogP contribution in [0.15, 0.2) is 54.6 Å². The number of rotatable bonds is 7. The summed E-state index contributed by atoms with van der Waals surface area (Å²) in [6, 6.07) is 17.7. The Balaban J connectivity index is 1.96. The number of nitrogens with one attached hydrogen (secondary N) is 1. The predicted molar refractivity (Wildman–Crippen MR) is 95.7 cm³/mol. The molecule has 1 N–H and O–H groups in total. The number of amides is 1. The maximum Gasteiger partial charge on any atom is 0.220 e. The molecule has 0 saturated carbocycles. The molecule has 4 heteroatoms. The van der Waals surface area contributed by atoms with Crippen LogP contribution in [0.25, 0.3) is 0 Å². The summed E-state index contributed by atoms with van der Waals surface area (Å²) in [6.45, 7) is 0.766. The van der Waals surface area contributed by atoms with Crippen LogP contribution in [0, 0.1) is 0 Å². The third kappa shape index (κ3) is 5.70. The van der Waals surface area contributed by atoms with Crippen LogP contribution in [0.3, 0.4) is 0 Å². The Bertz CT molecular complexity index is 628. The standard InChI is InChI=1S/C19H23ClN2O/c1-22(2)14-18(16-9-4-3-5-10-16)21-19(23)13-12-15-8-6-7-11-17(15)20/h3-11,18H,12-14H2,1-2H3,(H,21,23). The van der Waals surface area contributed by atoms with E-state index < -0.39 is 0 Å². The van der Waals surface area contributed by atoms with Crippen LogP contribution in [0.2, 0.25) is 5.02 Å². The second-order valence-corrected chi connectivity index (χ2v) is 6.29. The van der Waals surface area contributed by atoms with E-state index in [-0.39, 0.29) is 11.9 Å². The molecule has 1 unspecified atom stereocenters. The van der Waals surface area contributed by atoms with Crippen LogP contribution in [-0.2, 0) is 11.2 Å². The van der Waals surface area contributed by atoms with Crippen LogP contribution < -0.4 is 5.32 Å². The van der Waals surface area contributed by atoms with Crippen molar-refractivity contribution in [2.75, 3.05) is 20.6 Å². The number of halogens is 1. The third-order valence-electron chi connectivity index (χ3n) is 3.66. The van der Waals surface area contributed by atoms with Crippen LogP contribution >= 0.6 is 11.6 Å². The van der Waals surface area contributed by atoms with Gasteiger partial charge in [0.05, 0.1) is 6.04 Å². The number of likely N-dealkylation sites (N-methyl/N-ethyl adjacent to an activating group) is 1. The largest absolute Gasteiger partial charge is 0.348 e. The zero-order chi connectivity index (χ0) is 16.7. The lowest BCUT2D eigenvalue weighted by molar-refractivity contribution is -0.121. The highest BCUT2D eigenvalue weighted by Crippen LogP contribution is 2.17. The van der Waals surface area contributed by atoms with Gasteiger partial charge in [-0.25, -0.2) is 0 Å². The fraction of sp³-hybridized carbons (Fsp3) is 0.316. The molecular weight excluding hydrogens is 308 g/mol. The van der Waals surface area contributed by atoms with Crippen molar-refractivity contribution in [3.63, 3.8) is 0 Å². The van der Waals surface area contributed by atoms with Gasteiger partial charge in [0.2, 0.25) is 5.91 Å². The number of hydrogen-bond acceptors (Lipinski definition) is 2. The number of benzene rings is 2. The zero-order valence-corrected chi connectivity index (χ0v) is 14.4. The molecule has 0 bridgehead atoms. The summed E-state index contributed by atoms with van der Waals surface area (Å²) >= 11 is 6.14. The van der Waals surface area contributed by atoms with Crippen molar-refractivity contribution in [1.29, 1.82) is 0 Å². The number of carbonyl (C=O) groups is 1. The molecule has 0 fully saturated rings. The molecule has 2 rings (SSSR count). The van der Waals surface area contributed by atoms with E-state index in [2.05, 4.69) is 10.2 Å². The van der Waals surface area contributed by atoms with Crippen LogP contribution in [0.4, 0.5) is 0 Å². The zero-order valence-electron chi connectivity index (χ0n) is 13.6. The van der Waals surface area contributed by atoms with Crippen LogP contribution in [0.1, 0.15) is 23.6 Å². The maximum atomic E-state index is 12.3. The lowest BCUT2D eigenvalue weighted by Gasteiger charge is -2.23. The first-order valence-electron chi connectivity index (χ1n) is 7.78. The SMILES string of the molecule is CN(C)CC(NC(=O)CCc1ccccc1Cl)c1ccccc1. The number of nitrogens with zero attached hydrogens (tertiary/aromatic N) is 1. The summed E-state index contributed by atoms with van der Waals surface area (Å²) in [7, 11) is 4.01. The van der Waals surface area contributed by atoms with Gasteiger partial charge in [-0.1, -0.05) is 60.1 Å². The predicted octanol–water partition coefficient (Wildman–Crippen LogP) is 3.69. The van der Waals surface area contributed by atoms with Crippen molar-refractivity contribution in [2.45, 2.75) is 18.9 Å². The van der Waals surface area contributed by atoms with Gasteiger partial charge in [-0.3, -0.25) is 4.79 Å². The lowest BCUT2D eigenvalue weighted by atomic mass is 10.1. The summed E-state index contributed by atoms with van der Waals surface area (Å²) in [5.41, 5.74) is 2.13. The molecule has 0 spiro atoms. The smallest absolute Gasteiger partial charge is 0.220 e. The first kappa shape index (κ1) is 17.5. The first-order valence-corrected chi connectivity index (χ1v) is 8.16. The number of aryl methyl sites for hydroxylation is 1. The van der Waals surface area contributed by atoms with E-state index in [0.29, 0.717) is 17.9 Å². The van der Waals surface area contributed by atoms with E-state index in [1.54, 1.807) is 0 Å². The molecule has 0 heterocycles. The van der Waals surface area contributed by atoms with Crippen molar-refractivity contribution < 1.29 is 4.79 Å². The van der Waals surface area contributed by atoms with Crippen molar-refractivity contribution in [3.05, 3.63) is 70.7 Å². The van der Waals surface area contributed by atoms with Gasteiger partial charge in [0.25, 0.3) is 0 Å².